The highest BCUT2D eigenvalue weighted by atomic mass is 16.7. The molecule has 0 atom stereocenters. The monoisotopic (exact) mass is 179 g/mol. The maximum Gasteiger partial charge on any atom is 0.218 e. The van der Waals surface area contributed by atoms with E-state index in [9.17, 15) is 0 Å². The number of nitrogens with zero attached hydrogens (tertiary/aromatic N) is 1. The maximum atomic E-state index is 5.25. The SMILES string of the molecule is CCOC(OCC)N(C)C.NN. The average Bonchev–Trinajstić information content (AvgIpc) is 2.08. The van der Waals surface area contributed by atoms with Crippen LogP contribution in [0.4, 0.5) is 0 Å². The van der Waals surface area contributed by atoms with Crippen LogP contribution in [0.2, 0.25) is 0 Å². The molecule has 0 aromatic rings. The molecular weight excluding hydrogens is 158 g/mol. The summed E-state index contributed by atoms with van der Waals surface area (Å²) in [7, 11) is 3.85. The summed E-state index contributed by atoms with van der Waals surface area (Å²) in [6.45, 7) is 5.27. The van der Waals surface area contributed by atoms with Gasteiger partial charge in [0.1, 0.15) is 0 Å². The van der Waals surface area contributed by atoms with E-state index in [1.165, 1.54) is 0 Å². The molecule has 0 bridgehead atoms. The van der Waals surface area contributed by atoms with Crippen molar-refractivity contribution in [1.82, 2.24) is 4.90 Å². The Labute approximate surface area is 74.6 Å². The van der Waals surface area contributed by atoms with E-state index in [0.29, 0.717) is 13.2 Å². The average molecular weight is 179 g/mol. The first-order valence-electron chi connectivity index (χ1n) is 3.95. The van der Waals surface area contributed by atoms with E-state index in [4.69, 9.17) is 9.47 Å². The minimum atomic E-state index is -0.185. The predicted octanol–water partition coefficient (Wildman–Crippen LogP) is -0.277. The van der Waals surface area contributed by atoms with Crippen LogP contribution in [0, 0.1) is 0 Å². The van der Waals surface area contributed by atoms with E-state index in [2.05, 4.69) is 11.7 Å². The van der Waals surface area contributed by atoms with Crippen LogP contribution in [0.3, 0.4) is 0 Å². The van der Waals surface area contributed by atoms with Crippen LogP contribution in [-0.4, -0.2) is 38.6 Å². The van der Waals surface area contributed by atoms with Gasteiger partial charge in [0.05, 0.1) is 0 Å². The van der Waals surface area contributed by atoms with E-state index in [0.717, 1.165) is 0 Å². The molecule has 0 unspecified atom stereocenters. The fourth-order valence-corrected chi connectivity index (χ4v) is 0.631. The number of rotatable bonds is 5. The fourth-order valence-electron chi connectivity index (χ4n) is 0.631. The molecule has 0 saturated heterocycles. The first kappa shape index (κ1) is 14.3. The largest absolute Gasteiger partial charge is 0.340 e. The minimum absolute atomic E-state index is 0.185. The van der Waals surface area contributed by atoms with Crippen LogP contribution < -0.4 is 11.7 Å². The van der Waals surface area contributed by atoms with E-state index >= 15 is 0 Å². The Morgan fingerprint density at radius 3 is 1.58 bits per heavy atom. The van der Waals surface area contributed by atoms with Crippen molar-refractivity contribution in [1.29, 1.82) is 0 Å². The van der Waals surface area contributed by atoms with Crippen LogP contribution >= 0.6 is 0 Å². The van der Waals surface area contributed by atoms with Gasteiger partial charge in [-0.2, -0.15) is 0 Å². The van der Waals surface area contributed by atoms with Gasteiger partial charge in [-0.15, -0.1) is 0 Å². The summed E-state index contributed by atoms with van der Waals surface area (Å²) in [5, 5.41) is 0. The molecule has 12 heavy (non-hydrogen) atoms. The van der Waals surface area contributed by atoms with Crippen molar-refractivity contribution in [2.75, 3.05) is 27.3 Å². The van der Waals surface area contributed by atoms with Gasteiger partial charge in [-0.3, -0.25) is 16.6 Å². The molecule has 5 nitrogen and oxygen atoms in total. The molecule has 0 aliphatic heterocycles. The summed E-state index contributed by atoms with van der Waals surface area (Å²) in [6.07, 6.45) is -0.185. The molecule has 0 amide bonds. The van der Waals surface area contributed by atoms with Crippen LogP contribution in [0.15, 0.2) is 0 Å². The highest BCUT2D eigenvalue weighted by Gasteiger charge is 2.08. The first-order valence-corrected chi connectivity index (χ1v) is 3.95. The second-order valence-electron chi connectivity index (χ2n) is 2.18. The topological polar surface area (TPSA) is 73.7 Å². The number of hydrogen-bond donors (Lipinski definition) is 2. The third-order valence-electron chi connectivity index (χ3n) is 1.04. The third-order valence-corrected chi connectivity index (χ3v) is 1.04. The summed E-state index contributed by atoms with van der Waals surface area (Å²) in [5.74, 6) is 8.00. The summed E-state index contributed by atoms with van der Waals surface area (Å²) < 4.78 is 10.5. The molecule has 0 fully saturated rings. The highest BCUT2D eigenvalue weighted by molar-refractivity contribution is 4.37. The summed E-state index contributed by atoms with van der Waals surface area (Å²) in [4.78, 5) is 1.90. The van der Waals surface area contributed by atoms with E-state index in [1.54, 1.807) is 0 Å². The molecule has 0 spiro atoms. The molecule has 0 heterocycles. The third kappa shape index (κ3) is 7.90. The second kappa shape index (κ2) is 10.8. The lowest BCUT2D eigenvalue weighted by Crippen LogP contribution is -2.33. The lowest BCUT2D eigenvalue weighted by Gasteiger charge is -2.22. The first-order chi connectivity index (χ1) is 5.72. The molecule has 0 aromatic carbocycles. The van der Waals surface area contributed by atoms with Gasteiger partial charge < -0.3 is 9.47 Å². The molecule has 5 heteroatoms. The van der Waals surface area contributed by atoms with Gasteiger partial charge in [0.25, 0.3) is 0 Å². The zero-order chi connectivity index (χ0) is 9.98. The number of hydrogen-bond acceptors (Lipinski definition) is 5. The van der Waals surface area contributed by atoms with Crippen molar-refractivity contribution in [3.8, 4) is 0 Å². The Hall–Kier alpha value is -0.200. The number of hydrazine groups is 1. The molecule has 0 aromatic heterocycles. The van der Waals surface area contributed by atoms with Crippen molar-refractivity contribution in [3.63, 3.8) is 0 Å². The number of nitrogens with two attached hydrogens (primary N) is 2. The Bertz CT molecular complexity index is 75.1. The van der Waals surface area contributed by atoms with Crippen molar-refractivity contribution in [2.45, 2.75) is 20.3 Å². The molecule has 0 rings (SSSR count). The Kier molecular flexibility index (Phi) is 12.9. The van der Waals surface area contributed by atoms with E-state index in [1.807, 2.05) is 32.8 Å². The Morgan fingerprint density at radius 2 is 1.42 bits per heavy atom. The molecule has 4 N–H and O–H groups in total. The van der Waals surface area contributed by atoms with Crippen LogP contribution in [-0.2, 0) is 9.47 Å². The van der Waals surface area contributed by atoms with Gasteiger partial charge in [0, 0.05) is 13.2 Å². The van der Waals surface area contributed by atoms with Crippen LogP contribution in [0.5, 0.6) is 0 Å². The zero-order valence-corrected chi connectivity index (χ0v) is 8.41. The number of ether oxygens (including phenoxy) is 2. The van der Waals surface area contributed by atoms with Crippen LogP contribution in [0.25, 0.3) is 0 Å². The fraction of sp³-hybridized carbons (Fsp3) is 1.00. The highest BCUT2D eigenvalue weighted by Crippen LogP contribution is 1.96. The molecular formula is C7H21N3O2. The second-order valence-corrected chi connectivity index (χ2v) is 2.18. The molecule has 0 aliphatic rings. The quantitative estimate of drug-likeness (QED) is 0.345. The van der Waals surface area contributed by atoms with Gasteiger partial charge in [0.2, 0.25) is 6.41 Å². The van der Waals surface area contributed by atoms with E-state index < -0.39 is 0 Å². The smallest absolute Gasteiger partial charge is 0.218 e. The van der Waals surface area contributed by atoms with Gasteiger partial charge in [0.15, 0.2) is 0 Å². The summed E-state index contributed by atoms with van der Waals surface area (Å²) in [6, 6.07) is 0. The van der Waals surface area contributed by atoms with Gasteiger partial charge in [-0.25, -0.2) is 0 Å². The molecule has 76 valence electrons. The van der Waals surface area contributed by atoms with Gasteiger partial charge in [-0.1, -0.05) is 0 Å². The van der Waals surface area contributed by atoms with E-state index in [-0.39, 0.29) is 6.41 Å². The lowest BCUT2D eigenvalue weighted by molar-refractivity contribution is -0.206. The van der Waals surface area contributed by atoms with Crippen molar-refractivity contribution in [2.24, 2.45) is 11.7 Å². The molecule has 0 radical (unpaired) electrons. The predicted molar refractivity (Wildman–Crippen MR) is 49.1 cm³/mol. The van der Waals surface area contributed by atoms with Gasteiger partial charge >= 0.3 is 0 Å². The normalized spacial score (nSPS) is 10.0. The zero-order valence-electron chi connectivity index (χ0n) is 8.41. The van der Waals surface area contributed by atoms with Gasteiger partial charge in [-0.05, 0) is 27.9 Å². The lowest BCUT2D eigenvalue weighted by atomic mass is 10.8. The molecule has 0 saturated carbocycles. The summed E-state index contributed by atoms with van der Waals surface area (Å²) in [5.41, 5.74) is 0. The van der Waals surface area contributed by atoms with Crippen LogP contribution in [0.1, 0.15) is 13.8 Å². The minimum Gasteiger partial charge on any atom is -0.340 e. The summed E-state index contributed by atoms with van der Waals surface area (Å²) >= 11 is 0. The standard InChI is InChI=1S/C7H17NO2.H4N2/c1-5-9-7(8(3)4)10-6-2;1-2/h7H,5-6H2,1-4H3;1-2H2. The van der Waals surface area contributed by atoms with Crippen molar-refractivity contribution in [3.05, 3.63) is 0 Å². The molecule has 0 aliphatic carbocycles. The van der Waals surface area contributed by atoms with Crippen molar-refractivity contribution >= 4 is 0 Å². The maximum absolute atomic E-state index is 5.25. The Balaban J connectivity index is 0. The van der Waals surface area contributed by atoms with Crippen molar-refractivity contribution < 1.29 is 9.47 Å². The Morgan fingerprint density at radius 1 is 1.08 bits per heavy atom.